The zero-order valence-corrected chi connectivity index (χ0v) is 18.4. The first-order valence-electron chi connectivity index (χ1n) is 9.48. The van der Waals surface area contributed by atoms with Gasteiger partial charge in [-0.1, -0.05) is 6.92 Å². The lowest BCUT2D eigenvalue weighted by Crippen LogP contribution is -2.54. The quantitative estimate of drug-likeness (QED) is 0.312. The van der Waals surface area contributed by atoms with Crippen molar-refractivity contribution in [2.45, 2.75) is 46.6 Å². The summed E-state index contributed by atoms with van der Waals surface area (Å²) in [7, 11) is -3.23. The van der Waals surface area contributed by atoms with Crippen LogP contribution in [-0.4, -0.2) is 71.8 Å². The number of carbonyl (C=O) groups is 4. The van der Waals surface area contributed by atoms with Crippen molar-refractivity contribution in [3.05, 3.63) is 0 Å². The van der Waals surface area contributed by atoms with Crippen molar-refractivity contribution in [1.29, 1.82) is 0 Å². The number of ketones is 1. The van der Waals surface area contributed by atoms with Crippen molar-refractivity contribution < 1.29 is 32.5 Å². The summed E-state index contributed by atoms with van der Waals surface area (Å²) >= 11 is 0. The number of hydrogen-bond acceptors (Lipinski definition) is 7. The maximum absolute atomic E-state index is 12.7. The summed E-state index contributed by atoms with van der Waals surface area (Å²) in [5.41, 5.74) is -0.595. The smallest absolute Gasteiger partial charge is 0.373 e. The largest absolute Gasteiger partial charge is 0.511 e. The molecular weight excluding hydrogens is 386 g/mol. The van der Waals surface area contributed by atoms with E-state index in [9.17, 15) is 19.2 Å². The van der Waals surface area contributed by atoms with Gasteiger partial charge in [0.1, 0.15) is 0 Å². The van der Waals surface area contributed by atoms with Crippen LogP contribution in [0, 0.1) is 0 Å². The third-order valence-corrected chi connectivity index (χ3v) is 7.32. The van der Waals surface area contributed by atoms with Crippen molar-refractivity contribution in [2.24, 2.45) is 0 Å². The van der Waals surface area contributed by atoms with Crippen LogP contribution in [-0.2, 0) is 32.5 Å². The molecule has 0 aromatic heterocycles. The van der Waals surface area contributed by atoms with Gasteiger partial charge in [-0.25, -0.2) is 0 Å². The summed E-state index contributed by atoms with van der Waals surface area (Å²) in [5.74, 6) is -1.61. The van der Waals surface area contributed by atoms with Crippen LogP contribution in [0.2, 0.25) is 5.54 Å². The fraction of sp³-hybridized carbons (Fsp3) is 0.765. The van der Waals surface area contributed by atoms with Gasteiger partial charge in [-0.2, -0.15) is 0 Å². The summed E-state index contributed by atoms with van der Waals surface area (Å²) in [5, 5.41) is 7.15. The Morgan fingerprint density at radius 3 is 1.57 bits per heavy atom. The fourth-order valence-electron chi connectivity index (χ4n) is 2.52. The normalized spacial score (nSPS) is 12.2. The molecule has 1 atom stereocenters. The molecule has 3 amide bonds. The standard InChI is InChI=1S/C17H33N3O7Si/c1-6-15(28(25-7-2,26-8-3)27-9-4)14(22)10-19-17(24)12-20-16(23)11-18-13(5)21/h15H,6-12H2,1-5H3,(H,18,21)(H,19,24)(H,20,23). The Labute approximate surface area is 167 Å². The van der Waals surface area contributed by atoms with E-state index in [1.165, 1.54) is 6.92 Å². The first-order valence-corrected chi connectivity index (χ1v) is 11.3. The SMILES string of the molecule is CCO[Si](OCC)(OCC)C(CC)C(=O)CNC(=O)CNC(=O)CNC(C)=O. The van der Waals surface area contributed by atoms with Crippen molar-refractivity contribution in [1.82, 2.24) is 16.0 Å². The van der Waals surface area contributed by atoms with Crippen LogP contribution in [0.1, 0.15) is 41.0 Å². The zero-order chi connectivity index (χ0) is 21.6. The van der Waals surface area contributed by atoms with E-state index in [1.807, 2.05) is 27.7 Å². The molecule has 0 bridgehead atoms. The highest BCUT2D eigenvalue weighted by molar-refractivity contribution is 6.66. The molecular formula is C17H33N3O7Si. The molecule has 3 N–H and O–H groups in total. The summed E-state index contributed by atoms with van der Waals surface area (Å²) < 4.78 is 17.4. The third-order valence-electron chi connectivity index (χ3n) is 3.66. The average molecular weight is 420 g/mol. The Balaban J connectivity index is 4.75. The Kier molecular flexibility index (Phi) is 13.3. The van der Waals surface area contributed by atoms with Gasteiger partial charge in [-0.15, -0.1) is 0 Å². The van der Waals surface area contributed by atoms with Crippen LogP contribution in [0.25, 0.3) is 0 Å². The molecule has 0 spiro atoms. The number of nitrogens with one attached hydrogen (secondary N) is 3. The van der Waals surface area contributed by atoms with Crippen molar-refractivity contribution in [2.75, 3.05) is 39.5 Å². The first-order chi connectivity index (χ1) is 13.3. The van der Waals surface area contributed by atoms with E-state index in [-0.39, 0.29) is 31.3 Å². The molecule has 0 saturated carbocycles. The molecule has 162 valence electrons. The topological polar surface area (TPSA) is 132 Å². The molecule has 0 aromatic rings. The van der Waals surface area contributed by atoms with Gasteiger partial charge in [-0.05, 0) is 27.2 Å². The lowest BCUT2D eigenvalue weighted by Gasteiger charge is -2.34. The molecule has 1 unspecified atom stereocenters. The lowest BCUT2D eigenvalue weighted by molar-refractivity contribution is -0.128. The fourth-order valence-corrected chi connectivity index (χ4v) is 5.58. The van der Waals surface area contributed by atoms with Gasteiger partial charge in [-0.3, -0.25) is 19.2 Å². The van der Waals surface area contributed by atoms with Crippen LogP contribution >= 0.6 is 0 Å². The van der Waals surface area contributed by atoms with E-state index < -0.39 is 26.2 Å². The molecule has 0 aliphatic rings. The van der Waals surface area contributed by atoms with Crippen molar-refractivity contribution >= 4 is 32.3 Å². The van der Waals surface area contributed by atoms with Crippen LogP contribution in [0.4, 0.5) is 0 Å². The minimum absolute atomic E-state index is 0.218. The van der Waals surface area contributed by atoms with E-state index in [0.29, 0.717) is 26.2 Å². The number of amides is 3. The highest BCUT2D eigenvalue weighted by Gasteiger charge is 2.51. The molecule has 0 aliphatic heterocycles. The van der Waals surface area contributed by atoms with Crippen molar-refractivity contribution in [3.63, 3.8) is 0 Å². The summed E-state index contributed by atoms with van der Waals surface area (Å²) in [6.07, 6.45) is 0.453. The summed E-state index contributed by atoms with van der Waals surface area (Å²) in [6, 6.07) is 0. The molecule has 11 heteroatoms. The van der Waals surface area contributed by atoms with E-state index in [0.717, 1.165) is 0 Å². The number of carbonyl (C=O) groups excluding carboxylic acids is 4. The predicted octanol–water partition coefficient (Wildman–Crippen LogP) is -0.247. The molecule has 0 saturated heterocycles. The van der Waals surface area contributed by atoms with E-state index in [1.54, 1.807) is 0 Å². The van der Waals surface area contributed by atoms with E-state index >= 15 is 0 Å². The number of rotatable bonds is 15. The summed E-state index contributed by atoms with van der Waals surface area (Å²) in [4.78, 5) is 46.8. The Morgan fingerprint density at radius 1 is 0.750 bits per heavy atom. The summed E-state index contributed by atoms with van der Waals surface area (Å²) in [6.45, 7) is 8.86. The van der Waals surface area contributed by atoms with Crippen LogP contribution in [0.5, 0.6) is 0 Å². The maximum Gasteiger partial charge on any atom is 0.511 e. The number of Topliss-reactive ketones (excluding diaryl/α,β-unsaturated/α-hetero) is 1. The molecule has 10 nitrogen and oxygen atoms in total. The molecule has 0 rings (SSSR count). The minimum Gasteiger partial charge on any atom is -0.373 e. The lowest BCUT2D eigenvalue weighted by atomic mass is 10.2. The van der Waals surface area contributed by atoms with Gasteiger partial charge in [0.25, 0.3) is 0 Å². The predicted molar refractivity (Wildman–Crippen MR) is 104 cm³/mol. The Hall–Kier alpha value is -1.82. The zero-order valence-electron chi connectivity index (χ0n) is 17.4. The minimum atomic E-state index is -3.23. The van der Waals surface area contributed by atoms with Gasteiger partial charge in [0.2, 0.25) is 17.7 Å². The van der Waals surface area contributed by atoms with Crippen molar-refractivity contribution in [3.8, 4) is 0 Å². The van der Waals surface area contributed by atoms with Gasteiger partial charge >= 0.3 is 8.80 Å². The van der Waals surface area contributed by atoms with Crippen LogP contribution in [0.15, 0.2) is 0 Å². The second-order valence-corrected chi connectivity index (χ2v) is 8.56. The van der Waals surface area contributed by atoms with Gasteiger partial charge in [0.15, 0.2) is 5.78 Å². The van der Waals surface area contributed by atoms with Crippen LogP contribution in [0.3, 0.4) is 0 Å². The molecule has 0 heterocycles. The second-order valence-electron chi connectivity index (χ2n) is 5.79. The molecule has 0 aromatic carbocycles. The van der Waals surface area contributed by atoms with Gasteiger partial charge < -0.3 is 29.2 Å². The first kappa shape index (κ1) is 26.2. The Morgan fingerprint density at radius 2 is 1.18 bits per heavy atom. The molecule has 0 aliphatic carbocycles. The maximum atomic E-state index is 12.7. The highest BCUT2D eigenvalue weighted by atomic mass is 28.4. The molecule has 28 heavy (non-hydrogen) atoms. The average Bonchev–Trinajstić information content (AvgIpc) is 2.64. The van der Waals surface area contributed by atoms with Gasteiger partial charge in [0.05, 0.1) is 25.2 Å². The monoisotopic (exact) mass is 419 g/mol. The molecule has 0 radical (unpaired) electrons. The number of hydrogen-bond donors (Lipinski definition) is 3. The van der Waals surface area contributed by atoms with E-state index in [2.05, 4.69) is 16.0 Å². The highest BCUT2D eigenvalue weighted by Crippen LogP contribution is 2.30. The third kappa shape index (κ3) is 9.40. The Bertz CT molecular complexity index is 514. The van der Waals surface area contributed by atoms with E-state index in [4.69, 9.17) is 13.3 Å². The van der Waals surface area contributed by atoms with Gasteiger partial charge in [0, 0.05) is 26.7 Å². The second kappa shape index (κ2) is 14.2. The van der Waals surface area contributed by atoms with Crippen LogP contribution < -0.4 is 16.0 Å². The molecule has 0 fully saturated rings.